The van der Waals surface area contributed by atoms with Gasteiger partial charge in [-0.1, -0.05) is 18.2 Å². The molecule has 150 valence electrons. The molecule has 0 aliphatic rings. The van der Waals surface area contributed by atoms with Gasteiger partial charge in [-0.3, -0.25) is 14.9 Å². The fraction of sp³-hybridized carbons (Fsp3) is 0.0909. The average Bonchev–Trinajstić information content (AvgIpc) is 3.17. The molecule has 0 atom stereocenters. The molecule has 4 aromatic rings. The first-order valence-electron chi connectivity index (χ1n) is 9.22. The van der Waals surface area contributed by atoms with E-state index in [4.69, 9.17) is 4.74 Å². The lowest BCUT2D eigenvalue weighted by Gasteiger charge is -2.10. The first kappa shape index (κ1) is 19.1. The number of rotatable bonds is 6. The molecule has 0 unspecified atom stereocenters. The first-order valence-corrected chi connectivity index (χ1v) is 9.22. The summed E-state index contributed by atoms with van der Waals surface area (Å²) < 4.78 is 7.70. The van der Waals surface area contributed by atoms with Crippen molar-refractivity contribution >= 4 is 22.9 Å². The van der Waals surface area contributed by atoms with Crippen molar-refractivity contribution in [3.8, 4) is 5.75 Å². The molecule has 0 bridgehead atoms. The van der Waals surface area contributed by atoms with E-state index in [0.717, 1.165) is 11.3 Å². The lowest BCUT2D eigenvalue weighted by molar-refractivity contribution is -0.385. The minimum absolute atomic E-state index is 0.0441. The standard InChI is InChI=1S/C22H18N4O4/c1-15-19(8-5-9-20(15)26(28)29)24-22(27)16-6-4-7-18(12-16)30-14-17-13-25-11-3-2-10-21(25)23-17/h2-13H,14H2,1H3,(H,24,27). The Morgan fingerprint density at radius 1 is 1.17 bits per heavy atom. The Balaban J connectivity index is 1.47. The first-order chi connectivity index (χ1) is 14.5. The van der Waals surface area contributed by atoms with Crippen molar-refractivity contribution in [3.05, 3.63) is 100.0 Å². The topological polar surface area (TPSA) is 98.8 Å². The maximum Gasteiger partial charge on any atom is 0.274 e. The highest BCUT2D eigenvalue weighted by Crippen LogP contribution is 2.26. The van der Waals surface area contributed by atoms with Crippen LogP contribution in [0.25, 0.3) is 5.65 Å². The molecule has 4 rings (SSSR count). The summed E-state index contributed by atoms with van der Waals surface area (Å²) in [7, 11) is 0. The predicted octanol–water partition coefficient (Wildman–Crippen LogP) is 4.38. The molecule has 0 radical (unpaired) electrons. The van der Waals surface area contributed by atoms with Crippen LogP contribution in [0.2, 0.25) is 0 Å². The number of nitro groups is 1. The fourth-order valence-electron chi connectivity index (χ4n) is 3.09. The Hall–Kier alpha value is -4.20. The third kappa shape index (κ3) is 3.97. The molecule has 1 N–H and O–H groups in total. The molecule has 0 aliphatic heterocycles. The minimum Gasteiger partial charge on any atom is -0.487 e. The number of nitro benzene ring substituents is 1. The molecule has 2 heterocycles. The smallest absolute Gasteiger partial charge is 0.274 e. The van der Waals surface area contributed by atoms with Crippen molar-refractivity contribution < 1.29 is 14.5 Å². The van der Waals surface area contributed by atoms with Crippen LogP contribution in [0.4, 0.5) is 11.4 Å². The third-order valence-electron chi connectivity index (χ3n) is 4.65. The number of anilines is 1. The Morgan fingerprint density at radius 3 is 2.80 bits per heavy atom. The second-order valence-corrected chi connectivity index (χ2v) is 6.68. The lowest BCUT2D eigenvalue weighted by atomic mass is 10.1. The zero-order valence-corrected chi connectivity index (χ0v) is 16.1. The quantitative estimate of drug-likeness (QED) is 0.381. The molecule has 0 fully saturated rings. The van der Waals surface area contributed by atoms with E-state index in [9.17, 15) is 14.9 Å². The van der Waals surface area contributed by atoms with E-state index < -0.39 is 4.92 Å². The number of amides is 1. The number of hydrogen-bond donors (Lipinski definition) is 1. The van der Waals surface area contributed by atoms with E-state index in [2.05, 4.69) is 10.3 Å². The Morgan fingerprint density at radius 2 is 2.00 bits per heavy atom. The maximum atomic E-state index is 12.6. The highest BCUT2D eigenvalue weighted by molar-refractivity contribution is 6.05. The van der Waals surface area contributed by atoms with E-state index in [-0.39, 0.29) is 18.2 Å². The van der Waals surface area contributed by atoms with Gasteiger partial charge in [0.1, 0.15) is 18.0 Å². The predicted molar refractivity (Wildman–Crippen MR) is 112 cm³/mol. The Labute approximate surface area is 171 Å². The summed E-state index contributed by atoms with van der Waals surface area (Å²) >= 11 is 0. The molecule has 0 saturated heterocycles. The number of carbonyl (C=O) groups is 1. The minimum atomic E-state index is -0.473. The van der Waals surface area contributed by atoms with Gasteiger partial charge in [0.2, 0.25) is 0 Å². The van der Waals surface area contributed by atoms with E-state index >= 15 is 0 Å². The third-order valence-corrected chi connectivity index (χ3v) is 4.65. The SMILES string of the molecule is Cc1c(NC(=O)c2cccc(OCc3cn4ccccc4n3)c2)cccc1[N+](=O)[O-]. The van der Waals surface area contributed by atoms with Crippen molar-refractivity contribution in [2.45, 2.75) is 13.5 Å². The molecule has 0 aliphatic carbocycles. The fourth-order valence-corrected chi connectivity index (χ4v) is 3.09. The average molecular weight is 402 g/mol. The van der Waals surface area contributed by atoms with Gasteiger partial charge < -0.3 is 14.5 Å². The molecule has 2 aromatic heterocycles. The van der Waals surface area contributed by atoms with Crippen molar-refractivity contribution in [1.82, 2.24) is 9.38 Å². The van der Waals surface area contributed by atoms with E-state index in [1.165, 1.54) is 12.1 Å². The van der Waals surface area contributed by atoms with Crippen LogP contribution >= 0.6 is 0 Å². The molecule has 2 aromatic carbocycles. The second-order valence-electron chi connectivity index (χ2n) is 6.68. The number of aromatic nitrogens is 2. The van der Waals surface area contributed by atoms with Gasteiger partial charge in [-0.05, 0) is 43.3 Å². The molecule has 1 amide bonds. The van der Waals surface area contributed by atoms with Gasteiger partial charge >= 0.3 is 0 Å². The van der Waals surface area contributed by atoms with Gasteiger partial charge in [-0.25, -0.2) is 4.98 Å². The zero-order valence-electron chi connectivity index (χ0n) is 16.1. The monoisotopic (exact) mass is 402 g/mol. The largest absolute Gasteiger partial charge is 0.487 e. The van der Waals surface area contributed by atoms with Crippen LogP contribution < -0.4 is 10.1 Å². The van der Waals surface area contributed by atoms with Gasteiger partial charge in [0.05, 0.1) is 21.9 Å². The zero-order chi connectivity index (χ0) is 21.1. The summed E-state index contributed by atoms with van der Waals surface area (Å²) in [6.45, 7) is 1.86. The van der Waals surface area contributed by atoms with Crippen molar-refractivity contribution in [1.29, 1.82) is 0 Å². The summed E-state index contributed by atoms with van der Waals surface area (Å²) in [6, 6.07) is 17.1. The molecule has 8 nitrogen and oxygen atoms in total. The number of nitrogens with one attached hydrogen (secondary N) is 1. The van der Waals surface area contributed by atoms with Gasteiger partial charge in [0, 0.05) is 24.0 Å². The molecule has 0 saturated carbocycles. The van der Waals surface area contributed by atoms with Crippen LogP contribution in [0, 0.1) is 17.0 Å². The van der Waals surface area contributed by atoms with Crippen LogP contribution in [-0.4, -0.2) is 20.2 Å². The van der Waals surface area contributed by atoms with Crippen LogP contribution in [0.1, 0.15) is 21.6 Å². The van der Waals surface area contributed by atoms with E-state index in [0.29, 0.717) is 22.6 Å². The summed E-state index contributed by atoms with van der Waals surface area (Å²) in [5, 5.41) is 13.8. The number of hydrogen-bond acceptors (Lipinski definition) is 5. The number of pyridine rings is 1. The Kier molecular flexibility index (Phi) is 5.13. The van der Waals surface area contributed by atoms with Crippen LogP contribution in [0.5, 0.6) is 5.75 Å². The molecule has 30 heavy (non-hydrogen) atoms. The molecular formula is C22H18N4O4. The summed E-state index contributed by atoms with van der Waals surface area (Å²) in [6.07, 6.45) is 3.80. The molecule has 0 spiro atoms. The highest BCUT2D eigenvalue weighted by atomic mass is 16.6. The summed E-state index contributed by atoms with van der Waals surface area (Å²) in [4.78, 5) is 27.7. The van der Waals surface area contributed by atoms with E-state index in [1.807, 2.05) is 35.0 Å². The highest BCUT2D eigenvalue weighted by Gasteiger charge is 2.16. The lowest BCUT2D eigenvalue weighted by Crippen LogP contribution is -2.13. The number of ether oxygens (including phenoxy) is 1. The summed E-state index contributed by atoms with van der Waals surface area (Å²) in [5.74, 6) is 0.146. The van der Waals surface area contributed by atoms with Gasteiger partial charge in [-0.2, -0.15) is 0 Å². The Bertz CT molecular complexity index is 1220. The maximum absolute atomic E-state index is 12.6. The van der Waals surface area contributed by atoms with Crippen LogP contribution in [0.15, 0.2) is 73.1 Å². The number of imidazole rings is 1. The number of nitrogens with zero attached hydrogens (tertiary/aromatic N) is 3. The normalized spacial score (nSPS) is 10.7. The van der Waals surface area contributed by atoms with Crippen molar-refractivity contribution in [3.63, 3.8) is 0 Å². The van der Waals surface area contributed by atoms with Crippen LogP contribution in [-0.2, 0) is 6.61 Å². The van der Waals surface area contributed by atoms with Gasteiger partial charge in [0.25, 0.3) is 11.6 Å². The van der Waals surface area contributed by atoms with Crippen molar-refractivity contribution in [2.24, 2.45) is 0 Å². The van der Waals surface area contributed by atoms with E-state index in [1.54, 1.807) is 37.3 Å². The molecular weight excluding hydrogens is 384 g/mol. The molecule has 8 heteroatoms. The summed E-state index contributed by atoms with van der Waals surface area (Å²) in [5.41, 5.74) is 2.73. The van der Waals surface area contributed by atoms with Gasteiger partial charge in [0.15, 0.2) is 0 Å². The van der Waals surface area contributed by atoms with Crippen LogP contribution in [0.3, 0.4) is 0 Å². The van der Waals surface area contributed by atoms with Crippen molar-refractivity contribution in [2.75, 3.05) is 5.32 Å². The number of benzene rings is 2. The number of fused-ring (bicyclic) bond motifs is 1. The van der Waals surface area contributed by atoms with Gasteiger partial charge in [-0.15, -0.1) is 0 Å². The number of carbonyl (C=O) groups excluding carboxylic acids is 1. The second kappa shape index (κ2) is 8.04.